The van der Waals surface area contributed by atoms with Gasteiger partial charge in [0.05, 0.1) is 0 Å². The molecule has 1 fully saturated rings. The quantitative estimate of drug-likeness (QED) is 0.606. The third-order valence-electron chi connectivity index (χ3n) is 4.75. The minimum absolute atomic E-state index is 0.00655. The molecule has 2 N–H and O–H groups in total. The fraction of sp³-hybridized carbons (Fsp3) is 0.667. The molecular formula is C15H20O5. The van der Waals surface area contributed by atoms with Crippen molar-refractivity contribution in [2.45, 2.75) is 33.6 Å². The van der Waals surface area contributed by atoms with Crippen LogP contribution in [0.4, 0.5) is 0 Å². The maximum Gasteiger partial charge on any atom is 0.329 e. The van der Waals surface area contributed by atoms with Crippen LogP contribution in [-0.4, -0.2) is 27.9 Å². The molecule has 0 spiro atoms. The Morgan fingerprint density at radius 2 is 1.55 bits per heavy atom. The van der Waals surface area contributed by atoms with Crippen LogP contribution < -0.4 is 0 Å². The van der Waals surface area contributed by atoms with Gasteiger partial charge in [0.2, 0.25) is 5.41 Å². The summed E-state index contributed by atoms with van der Waals surface area (Å²) in [7, 11) is 0. The molecule has 0 saturated heterocycles. The van der Waals surface area contributed by atoms with E-state index in [4.69, 9.17) is 0 Å². The molecule has 0 amide bonds. The van der Waals surface area contributed by atoms with Crippen molar-refractivity contribution in [3.05, 3.63) is 12.2 Å². The number of carbonyl (C=O) groups excluding carboxylic acids is 1. The second-order valence-corrected chi connectivity index (χ2v) is 6.86. The van der Waals surface area contributed by atoms with Gasteiger partial charge in [-0.2, -0.15) is 0 Å². The Morgan fingerprint density at radius 3 is 1.85 bits per heavy atom. The normalized spacial score (nSPS) is 28.6. The first-order valence-corrected chi connectivity index (χ1v) is 6.81. The van der Waals surface area contributed by atoms with Crippen molar-refractivity contribution in [3.8, 4) is 0 Å². The van der Waals surface area contributed by atoms with E-state index in [0.29, 0.717) is 6.42 Å². The third-order valence-corrected chi connectivity index (χ3v) is 4.75. The van der Waals surface area contributed by atoms with E-state index in [9.17, 15) is 24.6 Å². The zero-order chi connectivity index (χ0) is 15.3. The van der Waals surface area contributed by atoms with Crippen LogP contribution in [0, 0.1) is 28.6 Å². The maximum absolute atomic E-state index is 12.8. The molecule has 2 aliphatic carbocycles. The summed E-state index contributed by atoms with van der Waals surface area (Å²) in [6, 6.07) is 0. The largest absolute Gasteiger partial charge is 0.480 e. The van der Waals surface area contributed by atoms with E-state index in [-0.39, 0.29) is 11.8 Å². The number of rotatable bonds is 4. The number of carboxylic acids is 2. The number of ketones is 1. The topological polar surface area (TPSA) is 91.7 Å². The number of carbonyl (C=O) groups is 3. The number of aliphatic carboxylic acids is 2. The van der Waals surface area contributed by atoms with Crippen molar-refractivity contribution in [1.29, 1.82) is 0 Å². The van der Waals surface area contributed by atoms with E-state index in [1.807, 2.05) is 12.2 Å². The maximum atomic E-state index is 12.8. The number of carboxylic acid groups (broad SMARTS) is 2. The summed E-state index contributed by atoms with van der Waals surface area (Å²) in [5.74, 6) is -3.98. The molecule has 110 valence electrons. The van der Waals surface area contributed by atoms with Gasteiger partial charge >= 0.3 is 11.9 Å². The van der Waals surface area contributed by atoms with Crippen molar-refractivity contribution in [2.24, 2.45) is 28.6 Å². The standard InChI is InChI=1S/C15H20O5/c1-14(2,3)15(12(17)18,13(19)20)11(16)10-7-8-4-5-9(10)6-8/h4-5,8-10H,6-7H2,1-3H3,(H,17,18)(H,19,20). The molecule has 0 radical (unpaired) electrons. The van der Waals surface area contributed by atoms with Crippen molar-refractivity contribution in [1.82, 2.24) is 0 Å². The highest BCUT2D eigenvalue weighted by molar-refractivity contribution is 6.20. The second kappa shape index (κ2) is 4.43. The molecule has 0 aromatic heterocycles. The van der Waals surface area contributed by atoms with Crippen LogP contribution in [0.15, 0.2) is 12.2 Å². The summed E-state index contributed by atoms with van der Waals surface area (Å²) in [6.07, 6.45) is 5.36. The van der Waals surface area contributed by atoms with Crippen LogP contribution in [0.25, 0.3) is 0 Å². The molecule has 2 rings (SSSR count). The van der Waals surface area contributed by atoms with Gasteiger partial charge in [-0.3, -0.25) is 14.4 Å². The van der Waals surface area contributed by atoms with Gasteiger partial charge in [-0.25, -0.2) is 0 Å². The lowest BCUT2D eigenvalue weighted by Gasteiger charge is -2.38. The van der Waals surface area contributed by atoms with Crippen molar-refractivity contribution in [3.63, 3.8) is 0 Å². The van der Waals surface area contributed by atoms with Gasteiger partial charge in [0.15, 0.2) is 5.78 Å². The molecule has 0 heterocycles. The minimum Gasteiger partial charge on any atom is -0.480 e. The summed E-state index contributed by atoms with van der Waals surface area (Å²) in [4.78, 5) is 36.2. The summed E-state index contributed by atoms with van der Waals surface area (Å²) < 4.78 is 0. The highest BCUT2D eigenvalue weighted by Crippen LogP contribution is 2.50. The Morgan fingerprint density at radius 1 is 1.00 bits per heavy atom. The molecule has 5 heteroatoms. The molecule has 0 aromatic carbocycles. The molecule has 0 aliphatic heterocycles. The van der Waals surface area contributed by atoms with Crippen molar-refractivity contribution >= 4 is 17.7 Å². The highest BCUT2D eigenvalue weighted by atomic mass is 16.4. The molecule has 3 unspecified atom stereocenters. The lowest BCUT2D eigenvalue weighted by molar-refractivity contribution is -0.178. The molecule has 2 aliphatic rings. The van der Waals surface area contributed by atoms with Gasteiger partial charge in [-0.15, -0.1) is 0 Å². The first-order valence-electron chi connectivity index (χ1n) is 6.81. The summed E-state index contributed by atoms with van der Waals surface area (Å²) in [5.41, 5.74) is -3.57. The first kappa shape index (κ1) is 14.8. The molecule has 3 atom stereocenters. The minimum atomic E-state index is -2.38. The zero-order valence-electron chi connectivity index (χ0n) is 11.9. The van der Waals surface area contributed by atoms with E-state index < -0.39 is 34.5 Å². The SMILES string of the molecule is CC(C)(C)C(C(=O)O)(C(=O)O)C(=O)C1CC2C=CC1C2. The fourth-order valence-electron chi connectivity index (χ4n) is 3.67. The van der Waals surface area contributed by atoms with Crippen LogP contribution in [0.1, 0.15) is 33.6 Å². The Balaban J connectivity index is 2.47. The summed E-state index contributed by atoms with van der Waals surface area (Å²) in [6.45, 7) is 4.49. The van der Waals surface area contributed by atoms with Gasteiger partial charge in [-0.1, -0.05) is 32.9 Å². The second-order valence-electron chi connectivity index (χ2n) is 6.86. The Kier molecular flexibility index (Phi) is 3.27. The third kappa shape index (κ3) is 1.79. The smallest absolute Gasteiger partial charge is 0.329 e. The number of Topliss-reactive ketones (excluding diaryl/α,β-unsaturated/α-hetero) is 1. The van der Waals surface area contributed by atoms with E-state index in [1.54, 1.807) is 0 Å². The Bertz CT molecular complexity index is 483. The van der Waals surface area contributed by atoms with E-state index in [1.165, 1.54) is 20.8 Å². The summed E-state index contributed by atoms with van der Waals surface area (Å²) in [5, 5.41) is 19.0. The molecule has 2 bridgehead atoms. The van der Waals surface area contributed by atoms with Gasteiger partial charge in [0.25, 0.3) is 0 Å². The average molecular weight is 280 g/mol. The van der Waals surface area contributed by atoms with Crippen LogP contribution in [0.5, 0.6) is 0 Å². The van der Waals surface area contributed by atoms with E-state index >= 15 is 0 Å². The molecule has 5 nitrogen and oxygen atoms in total. The monoisotopic (exact) mass is 280 g/mol. The van der Waals surface area contributed by atoms with Crippen LogP contribution in [-0.2, 0) is 14.4 Å². The number of fused-ring (bicyclic) bond motifs is 2. The average Bonchev–Trinajstić information content (AvgIpc) is 2.87. The first-order chi connectivity index (χ1) is 9.12. The van der Waals surface area contributed by atoms with E-state index in [0.717, 1.165) is 6.42 Å². The Hall–Kier alpha value is -1.65. The van der Waals surface area contributed by atoms with Gasteiger partial charge in [-0.05, 0) is 30.1 Å². The highest BCUT2D eigenvalue weighted by Gasteiger charge is 2.64. The van der Waals surface area contributed by atoms with Crippen LogP contribution >= 0.6 is 0 Å². The predicted octanol–water partition coefficient (Wildman–Crippen LogP) is 1.97. The molecule has 1 saturated carbocycles. The number of hydrogen-bond donors (Lipinski definition) is 2. The molecular weight excluding hydrogens is 260 g/mol. The van der Waals surface area contributed by atoms with Gasteiger partial charge in [0.1, 0.15) is 0 Å². The van der Waals surface area contributed by atoms with E-state index in [2.05, 4.69) is 0 Å². The fourth-order valence-corrected chi connectivity index (χ4v) is 3.67. The zero-order valence-corrected chi connectivity index (χ0v) is 11.9. The number of hydrogen-bond acceptors (Lipinski definition) is 3. The Labute approximate surface area is 117 Å². The predicted molar refractivity (Wildman–Crippen MR) is 71.0 cm³/mol. The van der Waals surface area contributed by atoms with Crippen molar-refractivity contribution < 1.29 is 24.6 Å². The molecule has 20 heavy (non-hydrogen) atoms. The van der Waals surface area contributed by atoms with Gasteiger partial charge < -0.3 is 10.2 Å². The summed E-state index contributed by atoms with van der Waals surface area (Å²) >= 11 is 0. The lowest BCUT2D eigenvalue weighted by atomic mass is 9.60. The number of allylic oxidation sites excluding steroid dienone is 2. The molecule has 0 aromatic rings. The van der Waals surface area contributed by atoms with Crippen molar-refractivity contribution in [2.75, 3.05) is 0 Å². The lowest BCUT2D eigenvalue weighted by Crippen LogP contribution is -2.57. The van der Waals surface area contributed by atoms with Crippen LogP contribution in [0.2, 0.25) is 0 Å². The van der Waals surface area contributed by atoms with Gasteiger partial charge in [0, 0.05) is 5.92 Å². The van der Waals surface area contributed by atoms with Crippen LogP contribution in [0.3, 0.4) is 0 Å².